The Kier molecular flexibility index (Phi) is 7.33. The minimum Gasteiger partial charge on any atom is -0.497 e. The van der Waals surface area contributed by atoms with Gasteiger partial charge in [-0.15, -0.1) is 0 Å². The number of hydrogen-bond acceptors (Lipinski definition) is 5. The van der Waals surface area contributed by atoms with Crippen LogP contribution in [0, 0.1) is 0 Å². The molecule has 1 saturated heterocycles. The molecule has 1 aliphatic rings. The van der Waals surface area contributed by atoms with Crippen LogP contribution < -0.4 is 15.2 Å². The van der Waals surface area contributed by atoms with Crippen molar-refractivity contribution >= 4 is 17.4 Å². The first-order valence-electron chi connectivity index (χ1n) is 10.4. The molecule has 1 atom stereocenters. The van der Waals surface area contributed by atoms with Crippen LogP contribution in [0.3, 0.4) is 0 Å². The Hall–Kier alpha value is -3.02. The Morgan fingerprint density at radius 1 is 1.03 bits per heavy atom. The van der Waals surface area contributed by atoms with E-state index in [0.717, 1.165) is 35.5 Å². The molecule has 0 aromatic heterocycles. The summed E-state index contributed by atoms with van der Waals surface area (Å²) in [4.78, 5) is 27.1. The lowest BCUT2D eigenvalue weighted by atomic mass is 10.0. The van der Waals surface area contributed by atoms with Crippen molar-refractivity contribution in [1.82, 2.24) is 4.90 Å². The van der Waals surface area contributed by atoms with Gasteiger partial charge in [0.15, 0.2) is 0 Å². The average Bonchev–Trinajstić information content (AvgIpc) is 3.26. The number of nitrogens with two attached hydrogens (primary N) is 1. The van der Waals surface area contributed by atoms with Crippen molar-refractivity contribution in [3.8, 4) is 11.5 Å². The zero-order chi connectivity index (χ0) is 21.5. The molecule has 0 saturated carbocycles. The topological polar surface area (TPSA) is 81.9 Å². The van der Waals surface area contributed by atoms with Crippen LogP contribution in [0.15, 0.2) is 42.5 Å². The summed E-state index contributed by atoms with van der Waals surface area (Å²) in [5.41, 5.74) is 8.43. The fourth-order valence-corrected chi connectivity index (χ4v) is 3.97. The van der Waals surface area contributed by atoms with Crippen LogP contribution in [0.25, 0.3) is 0 Å². The smallest absolute Gasteiger partial charge is 0.223 e. The number of ketones is 1. The molecule has 2 aromatic carbocycles. The molecule has 160 valence electrons. The maximum Gasteiger partial charge on any atom is 0.223 e. The molecule has 1 heterocycles. The molecule has 0 radical (unpaired) electrons. The van der Waals surface area contributed by atoms with E-state index in [0.29, 0.717) is 25.1 Å². The van der Waals surface area contributed by atoms with E-state index >= 15 is 0 Å². The number of Topliss-reactive ketones (excluding diaryl/α,β-unsaturated/α-hetero) is 1. The summed E-state index contributed by atoms with van der Waals surface area (Å²) in [6, 6.07) is 13.2. The third-order valence-corrected chi connectivity index (χ3v) is 5.66. The van der Waals surface area contributed by atoms with Crippen LogP contribution in [-0.2, 0) is 16.0 Å². The number of carbonyl (C=O) groups is 2. The number of methoxy groups -OCH3 is 2. The van der Waals surface area contributed by atoms with Gasteiger partial charge in [-0.2, -0.15) is 0 Å². The molecular formula is C24H30N2O4. The van der Waals surface area contributed by atoms with Crippen molar-refractivity contribution in [2.45, 2.75) is 44.6 Å². The molecule has 2 N–H and O–H groups in total. The molecular weight excluding hydrogens is 380 g/mol. The van der Waals surface area contributed by atoms with E-state index in [9.17, 15) is 9.59 Å². The van der Waals surface area contributed by atoms with E-state index in [1.54, 1.807) is 14.2 Å². The normalized spacial score (nSPS) is 15.8. The first-order valence-corrected chi connectivity index (χ1v) is 10.4. The van der Waals surface area contributed by atoms with Gasteiger partial charge >= 0.3 is 0 Å². The molecule has 0 spiro atoms. The number of carbonyl (C=O) groups excluding carboxylic acids is 2. The zero-order valence-electron chi connectivity index (χ0n) is 17.7. The number of aryl methyl sites for hydroxylation is 1. The molecule has 3 rings (SSSR count). The first kappa shape index (κ1) is 21.7. The summed E-state index contributed by atoms with van der Waals surface area (Å²) in [6.45, 7) is 0.698. The molecule has 1 aliphatic heterocycles. The van der Waals surface area contributed by atoms with Gasteiger partial charge in [0.05, 0.1) is 20.3 Å². The highest BCUT2D eigenvalue weighted by Gasteiger charge is 2.32. The van der Waals surface area contributed by atoms with Crippen molar-refractivity contribution in [1.29, 1.82) is 0 Å². The summed E-state index contributed by atoms with van der Waals surface area (Å²) in [5.74, 6) is 1.61. The first-order chi connectivity index (χ1) is 14.5. The lowest BCUT2D eigenvalue weighted by Crippen LogP contribution is -2.31. The number of benzene rings is 2. The van der Waals surface area contributed by atoms with Gasteiger partial charge < -0.3 is 20.1 Å². The molecule has 1 fully saturated rings. The predicted octanol–water partition coefficient (Wildman–Crippen LogP) is 3.93. The fourth-order valence-electron chi connectivity index (χ4n) is 3.97. The second-order valence-corrected chi connectivity index (χ2v) is 7.63. The van der Waals surface area contributed by atoms with Gasteiger partial charge in [-0.1, -0.05) is 12.1 Å². The Morgan fingerprint density at radius 3 is 2.50 bits per heavy atom. The quantitative estimate of drug-likeness (QED) is 0.634. The molecule has 1 amide bonds. The van der Waals surface area contributed by atoms with Crippen molar-refractivity contribution in [2.24, 2.45) is 0 Å². The lowest BCUT2D eigenvalue weighted by Gasteiger charge is -2.26. The van der Waals surface area contributed by atoms with Gasteiger partial charge in [0.2, 0.25) is 5.91 Å². The van der Waals surface area contributed by atoms with E-state index in [4.69, 9.17) is 15.2 Å². The number of amides is 1. The van der Waals surface area contributed by atoms with Gasteiger partial charge in [0.1, 0.15) is 17.3 Å². The Bertz CT molecular complexity index is 879. The summed E-state index contributed by atoms with van der Waals surface area (Å²) in [5, 5.41) is 0. The monoisotopic (exact) mass is 410 g/mol. The molecule has 6 heteroatoms. The van der Waals surface area contributed by atoms with Gasteiger partial charge in [-0.3, -0.25) is 9.59 Å². The van der Waals surface area contributed by atoms with Gasteiger partial charge in [-0.05, 0) is 55.2 Å². The van der Waals surface area contributed by atoms with Crippen molar-refractivity contribution in [3.63, 3.8) is 0 Å². The van der Waals surface area contributed by atoms with Crippen LogP contribution >= 0.6 is 0 Å². The number of nitrogen functional groups attached to an aromatic ring is 1. The predicted molar refractivity (Wildman–Crippen MR) is 117 cm³/mol. The summed E-state index contributed by atoms with van der Waals surface area (Å²) in [7, 11) is 3.26. The number of hydrogen-bond donors (Lipinski definition) is 1. The van der Waals surface area contributed by atoms with E-state index in [2.05, 4.69) is 0 Å². The number of likely N-dealkylation sites (tertiary alicyclic amines) is 1. The Balaban J connectivity index is 1.57. The number of rotatable bonds is 9. The van der Waals surface area contributed by atoms with Crippen molar-refractivity contribution in [2.75, 3.05) is 26.5 Å². The minimum atomic E-state index is -0.0487. The van der Waals surface area contributed by atoms with Gasteiger partial charge in [-0.25, -0.2) is 0 Å². The van der Waals surface area contributed by atoms with Crippen LogP contribution in [0.1, 0.15) is 49.3 Å². The molecule has 6 nitrogen and oxygen atoms in total. The largest absolute Gasteiger partial charge is 0.497 e. The Labute approximate surface area is 178 Å². The van der Waals surface area contributed by atoms with Crippen molar-refractivity contribution < 1.29 is 19.1 Å². The fraction of sp³-hybridized carbons (Fsp3) is 0.417. The molecule has 1 unspecified atom stereocenters. The zero-order valence-corrected chi connectivity index (χ0v) is 17.7. The molecule has 30 heavy (non-hydrogen) atoms. The van der Waals surface area contributed by atoms with Crippen molar-refractivity contribution in [3.05, 3.63) is 53.6 Å². The maximum absolute atomic E-state index is 12.9. The number of ether oxygens (including phenoxy) is 2. The van der Waals surface area contributed by atoms with E-state index in [1.165, 1.54) is 0 Å². The number of anilines is 1. The molecule has 0 aliphatic carbocycles. The van der Waals surface area contributed by atoms with E-state index < -0.39 is 0 Å². The Morgan fingerprint density at radius 2 is 1.80 bits per heavy atom. The second-order valence-electron chi connectivity index (χ2n) is 7.63. The van der Waals surface area contributed by atoms with Crippen LogP contribution in [0.4, 0.5) is 5.69 Å². The number of nitrogens with zero attached hydrogens (tertiary/aromatic N) is 1. The average molecular weight is 411 g/mol. The van der Waals surface area contributed by atoms with Crippen LogP contribution in [0.5, 0.6) is 11.5 Å². The van der Waals surface area contributed by atoms with Crippen LogP contribution in [0.2, 0.25) is 0 Å². The SMILES string of the molecule is COc1ccc(OC)c(C2CCCN2C(=O)CCC(=O)CCc2ccc(N)cc2)c1. The van der Waals surface area contributed by atoms with Gasteiger partial charge in [0, 0.05) is 37.1 Å². The standard InChI is InChI=1S/C24H30N2O4/c1-29-20-12-13-23(30-2)21(16-20)22-4-3-15-26(22)24(28)14-11-19(27)10-7-17-5-8-18(25)9-6-17/h5-6,8-9,12-13,16,22H,3-4,7,10-11,14-15,25H2,1-2H3. The summed E-state index contributed by atoms with van der Waals surface area (Å²) in [6.07, 6.45) is 3.42. The second kappa shape index (κ2) is 10.1. The van der Waals surface area contributed by atoms with Crippen LogP contribution in [-0.4, -0.2) is 37.4 Å². The summed E-state index contributed by atoms with van der Waals surface area (Å²) >= 11 is 0. The van der Waals surface area contributed by atoms with E-state index in [-0.39, 0.29) is 30.6 Å². The highest BCUT2D eigenvalue weighted by molar-refractivity contribution is 5.85. The molecule has 0 bridgehead atoms. The highest BCUT2D eigenvalue weighted by Crippen LogP contribution is 2.39. The molecule has 2 aromatic rings. The summed E-state index contributed by atoms with van der Waals surface area (Å²) < 4.78 is 10.9. The lowest BCUT2D eigenvalue weighted by molar-refractivity contribution is -0.134. The van der Waals surface area contributed by atoms with Gasteiger partial charge in [0.25, 0.3) is 0 Å². The van der Waals surface area contributed by atoms with E-state index in [1.807, 2.05) is 47.4 Å². The third-order valence-electron chi connectivity index (χ3n) is 5.66. The highest BCUT2D eigenvalue weighted by atomic mass is 16.5. The maximum atomic E-state index is 12.9. The third kappa shape index (κ3) is 5.32. The minimum absolute atomic E-state index is 0.0169.